The van der Waals surface area contributed by atoms with Crippen LogP contribution in [0.4, 0.5) is 5.69 Å². The molecule has 3 rings (SSSR count). The monoisotopic (exact) mass is 353 g/mol. The van der Waals surface area contributed by atoms with E-state index in [4.69, 9.17) is 32.4 Å². The van der Waals surface area contributed by atoms with Gasteiger partial charge in [-0.3, -0.25) is 4.79 Å². The number of ether oxygens (including phenoxy) is 1. The topological polar surface area (TPSA) is 59.8 Å². The molecule has 0 saturated carbocycles. The minimum absolute atomic E-state index is 0.136. The van der Waals surface area contributed by atoms with Gasteiger partial charge in [-0.2, -0.15) is 0 Å². The number of amides is 1. The Labute approximate surface area is 142 Å². The zero-order valence-corrected chi connectivity index (χ0v) is 13.5. The molecule has 1 aromatic carbocycles. The molecular formula is C16H13Cl2NO4. The van der Waals surface area contributed by atoms with Crippen molar-refractivity contribution in [1.29, 1.82) is 0 Å². The number of hydrogen-bond acceptors (Lipinski definition) is 4. The summed E-state index contributed by atoms with van der Waals surface area (Å²) in [6.45, 7) is 0.554. The molecule has 0 bridgehead atoms. The summed E-state index contributed by atoms with van der Waals surface area (Å²) in [5.74, 6) is -0.740. The Morgan fingerprint density at radius 2 is 2.09 bits per heavy atom. The molecule has 2 heterocycles. The molecule has 5 nitrogen and oxygen atoms in total. The first-order valence-electron chi connectivity index (χ1n) is 7.04. The fraction of sp³-hybridized carbons (Fsp3) is 0.250. The molecule has 0 radical (unpaired) electrons. The molecule has 0 spiro atoms. The summed E-state index contributed by atoms with van der Waals surface area (Å²) in [5, 5.41) is 0. The Morgan fingerprint density at radius 1 is 1.26 bits per heavy atom. The second-order valence-corrected chi connectivity index (χ2v) is 6.16. The first-order chi connectivity index (χ1) is 11.1. The maximum absolute atomic E-state index is 12.1. The lowest BCUT2D eigenvalue weighted by Gasteiger charge is -2.30. The Hall–Kier alpha value is -1.98. The van der Waals surface area contributed by atoms with Gasteiger partial charge >= 0.3 is 5.97 Å². The summed E-state index contributed by atoms with van der Waals surface area (Å²) >= 11 is 11.4. The fourth-order valence-corrected chi connectivity index (χ4v) is 2.78. The number of carbonyl (C=O) groups is 2. The highest BCUT2D eigenvalue weighted by atomic mass is 35.5. The number of hydrogen-bond donors (Lipinski definition) is 0. The number of esters is 1. The van der Waals surface area contributed by atoms with Gasteiger partial charge < -0.3 is 14.1 Å². The van der Waals surface area contributed by atoms with Crippen molar-refractivity contribution in [1.82, 2.24) is 0 Å². The molecule has 0 saturated heterocycles. The molecule has 1 amide bonds. The van der Waals surface area contributed by atoms with Gasteiger partial charge in [-0.15, -0.1) is 0 Å². The minimum Gasteiger partial charge on any atom is -0.434 e. The predicted molar refractivity (Wildman–Crippen MR) is 86.3 cm³/mol. The number of carbonyl (C=O) groups excluding carboxylic acids is 2. The van der Waals surface area contributed by atoms with E-state index in [1.54, 1.807) is 35.2 Å². The first-order valence-corrected chi connectivity index (χ1v) is 7.91. The van der Waals surface area contributed by atoms with Crippen molar-refractivity contribution in [3.63, 3.8) is 0 Å². The zero-order valence-electron chi connectivity index (χ0n) is 12.0. The number of fused-ring (bicyclic) bond motifs is 1. The van der Waals surface area contributed by atoms with E-state index in [1.165, 1.54) is 6.26 Å². The van der Waals surface area contributed by atoms with Crippen LogP contribution in [0, 0.1) is 0 Å². The van der Waals surface area contributed by atoms with Crippen molar-refractivity contribution >= 4 is 40.8 Å². The van der Waals surface area contributed by atoms with Crippen molar-refractivity contribution in [3.8, 4) is 5.95 Å². The van der Waals surface area contributed by atoms with Gasteiger partial charge in [0.2, 0.25) is 0 Å². The largest absolute Gasteiger partial charge is 0.434 e. The third-order valence-corrected chi connectivity index (χ3v) is 3.95. The van der Waals surface area contributed by atoms with Crippen LogP contribution >= 0.6 is 23.2 Å². The third kappa shape index (κ3) is 3.35. The molecule has 0 aliphatic carbocycles. The lowest BCUT2D eigenvalue weighted by Crippen LogP contribution is -2.38. The molecule has 23 heavy (non-hydrogen) atoms. The second kappa shape index (κ2) is 6.64. The molecule has 1 aliphatic rings. The van der Waals surface area contributed by atoms with Gasteiger partial charge in [0, 0.05) is 18.3 Å². The number of benzene rings is 1. The van der Waals surface area contributed by atoms with Gasteiger partial charge in [-0.1, -0.05) is 23.2 Å². The van der Waals surface area contributed by atoms with Crippen LogP contribution < -0.4 is 9.64 Å². The summed E-state index contributed by atoms with van der Waals surface area (Å²) in [4.78, 5) is 24.6. The van der Waals surface area contributed by atoms with Crippen molar-refractivity contribution in [2.24, 2.45) is 0 Å². The number of alkyl halides is 2. The number of anilines is 1. The number of aryl methyl sites for hydroxylation is 1. The van der Waals surface area contributed by atoms with E-state index in [0.29, 0.717) is 12.1 Å². The molecule has 7 heteroatoms. The van der Waals surface area contributed by atoms with Crippen LogP contribution in [0.25, 0.3) is 0 Å². The zero-order chi connectivity index (χ0) is 16.4. The molecular weight excluding hydrogens is 341 g/mol. The maximum Gasteiger partial charge on any atom is 0.345 e. The van der Waals surface area contributed by atoms with Gasteiger partial charge in [0.15, 0.2) is 4.84 Å². The fourth-order valence-electron chi connectivity index (χ4n) is 2.54. The Kier molecular flexibility index (Phi) is 4.59. The standard InChI is InChI=1S/C16H13Cl2NO4/c17-14(18)15(20)19-7-1-3-10-9-11(5-6-12(10)19)16(21)23-13-4-2-8-22-13/h2,4-6,8-9,14H,1,3,7H2. The van der Waals surface area contributed by atoms with Crippen LogP contribution in [0.2, 0.25) is 0 Å². The van der Waals surface area contributed by atoms with Crippen LogP contribution in [0.5, 0.6) is 5.95 Å². The summed E-state index contributed by atoms with van der Waals surface area (Å²) in [5.41, 5.74) is 2.00. The van der Waals surface area contributed by atoms with Crippen molar-refractivity contribution in [2.75, 3.05) is 11.4 Å². The van der Waals surface area contributed by atoms with Crippen LogP contribution in [0.3, 0.4) is 0 Å². The van der Waals surface area contributed by atoms with Gasteiger partial charge in [-0.25, -0.2) is 4.79 Å². The highest BCUT2D eigenvalue weighted by Crippen LogP contribution is 2.30. The van der Waals surface area contributed by atoms with E-state index in [9.17, 15) is 9.59 Å². The number of furan rings is 1. The lowest BCUT2D eigenvalue weighted by atomic mass is 9.99. The van der Waals surface area contributed by atoms with E-state index in [1.807, 2.05) is 0 Å². The van der Waals surface area contributed by atoms with Crippen molar-refractivity contribution < 1.29 is 18.7 Å². The van der Waals surface area contributed by atoms with Gasteiger partial charge in [-0.05, 0) is 42.7 Å². The van der Waals surface area contributed by atoms with E-state index >= 15 is 0 Å². The summed E-state index contributed by atoms with van der Waals surface area (Å²) in [7, 11) is 0. The Bertz CT molecular complexity index is 728. The van der Waals surface area contributed by atoms with E-state index < -0.39 is 10.8 Å². The first kappa shape index (κ1) is 15.9. The molecule has 0 N–H and O–H groups in total. The summed E-state index contributed by atoms with van der Waals surface area (Å²) in [6.07, 6.45) is 2.96. The molecule has 1 aliphatic heterocycles. The average Bonchev–Trinajstić information content (AvgIpc) is 3.05. The minimum atomic E-state index is -1.11. The number of halogens is 2. The molecule has 1 aromatic heterocycles. The Balaban J connectivity index is 1.84. The van der Waals surface area contributed by atoms with Crippen LogP contribution in [-0.4, -0.2) is 23.3 Å². The highest BCUT2D eigenvalue weighted by molar-refractivity contribution is 6.54. The quantitative estimate of drug-likeness (QED) is 0.624. The van der Waals surface area contributed by atoms with Crippen molar-refractivity contribution in [3.05, 3.63) is 47.7 Å². The summed E-state index contributed by atoms with van der Waals surface area (Å²) < 4.78 is 10.1. The SMILES string of the molecule is O=C(Oc1ccco1)c1ccc2c(c1)CCCN2C(=O)C(Cl)Cl. The molecule has 0 fully saturated rings. The molecule has 120 valence electrons. The van der Waals surface area contributed by atoms with Crippen LogP contribution in [-0.2, 0) is 11.2 Å². The van der Waals surface area contributed by atoms with Gasteiger partial charge in [0.05, 0.1) is 11.8 Å². The molecule has 0 atom stereocenters. The van der Waals surface area contributed by atoms with E-state index in [0.717, 1.165) is 24.1 Å². The number of rotatable bonds is 3. The van der Waals surface area contributed by atoms with E-state index in [2.05, 4.69) is 0 Å². The third-order valence-electron chi connectivity index (χ3n) is 3.57. The average molecular weight is 354 g/mol. The van der Waals surface area contributed by atoms with Crippen molar-refractivity contribution in [2.45, 2.75) is 17.7 Å². The molecule has 0 unspecified atom stereocenters. The maximum atomic E-state index is 12.1. The molecule has 2 aromatic rings. The van der Waals surface area contributed by atoms with Gasteiger partial charge in [0.25, 0.3) is 11.9 Å². The van der Waals surface area contributed by atoms with Gasteiger partial charge in [0.1, 0.15) is 0 Å². The smallest absolute Gasteiger partial charge is 0.345 e. The normalized spacial score (nSPS) is 13.8. The van der Waals surface area contributed by atoms with Crippen LogP contribution in [0.15, 0.2) is 41.0 Å². The van der Waals surface area contributed by atoms with E-state index in [-0.39, 0.29) is 11.9 Å². The highest BCUT2D eigenvalue weighted by Gasteiger charge is 2.27. The summed E-state index contributed by atoms with van der Waals surface area (Å²) in [6, 6.07) is 8.22. The van der Waals surface area contributed by atoms with Crippen LogP contribution in [0.1, 0.15) is 22.3 Å². The second-order valence-electron chi connectivity index (χ2n) is 5.06. The number of nitrogens with zero attached hydrogens (tertiary/aromatic N) is 1. The Morgan fingerprint density at radius 3 is 2.78 bits per heavy atom. The predicted octanol–water partition coefficient (Wildman–Crippen LogP) is 3.58. The lowest BCUT2D eigenvalue weighted by molar-refractivity contribution is -0.117.